The van der Waals surface area contributed by atoms with Crippen molar-refractivity contribution in [3.05, 3.63) is 94.0 Å². The van der Waals surface area contributed by atoms with Crippen LogP contribution in [0.25, 0.3) is 17.2 Å². The quantitative estimate of drug-likeness (QED) is 0.412. The van der Waals surface area contributed by atoms with Crippen LogP contribution in [-0.2, 0) is 4.79 Å². The molecule has 1 aliphatic carbocycles. The number of carboxylic acid groups (broad SMARTS) is 1. The Hall–Kier alpha value is -3.50. The van der Waals surface area contributed by atoms with E-state index in [1.165, 1.54) is 0 Å². The van der Waals surface area contributed by atoms with Crippen LogP contribution in [-0.4, -0.2) is 17.7 Å². The molecule has 0 amide bonds. The van der Waals surface area contributed by atoms with Gasteiger partial charge in [-0.3, -0.25) is 4.79 Å². The molecule has 4 rings (SSSR count). The predicted molar refractivity (Wildman–Crippen MR) is 128 cm³/mol. The average molecular weight is 447 g/mol. The topological polar surface area (TPSA) is 55.8 Å². The van der Waals surface area contributed by atoms with Gasteiger partial charge in [0.15, 0.2) is 0 Å². The van der Waals surface area contributed by atoms with Crippen LogP contribution in [0.4, 0.5) is 0 Å². The third-order valence-electron chi connectivity index (χ3n) is 5.34. The van der Waals surface area contributed by atoms with Gasteiger partial charge < -0.3 is 14.6 Å². The Morgan fingerprint density at radius 1 is 0.938 bits per heavy atom. The number of rotatable bonds is 7. The summed E-state index contributed by atoms with van der Waals surface area (Å²) >= 11 is 5.92. The smallest absolute Gasteiger partial charge is 0.307 e. The van der Waals surface area contributed by atoms with E-state index in [2.05, 4.69) is 6.08 Å². The normalized spacial score (nSPS) is 13.9. The van der Waals surface area contributed by atoms with E-state index >= 15 is 0 Å². The van der Waals surface area contributed by atoms with E-state index in [-0.39, 0.29) is 6.42 Å². The van der Waals surface area contributed by atoms with Gasteiger partial charge in [0.2, 0.25) is 0 Å². The summed E-state index contributed by atoms with van der Waals surface area (Å²) in [6, 6.07) is 20.9. The molecule has 0 aliphatic heterocycles. The van der Waals surface area contributed by atoms with Gasteiger partial charge in [-0.2, -0.15) is 0 Å². The SMILES string of the molecule is CCOc1ccc2c(c1)C(CC(=O)O)=C(C)/C2=C/c1ccc(Oc2ccc(Cl)cc2)cc1. The van der Waals surface area contributed by atoms with Gasteiger partial charge in [0.05, 0.1) is 13.0 Å². The van der Waals surface area contributed by atoms with Gasteiger partial charge in [-0.1, -0.05) is 29.8 Å². The maximum Gasteiger partial charge on any atom is 0.307 e. The van der Waals surface area contributed by atoms with Crippen LogP contribution in [0.3, 0.4) is 0 Å². The Morgan fingerprint density at radius 3 is 2.19 bits per heavy atom. The molecule has 0 atom stereocenters. The molecule has 3 aromatic rings. The van der Waals surface area contributed by atoms with E-state index in [0.717, 1.165) is 44.9 Å². The third kappa shape index (κ3) is 4.71. The highest BCUT2D eigenvalue weighted by Crippen LogP contribution is 2.45. The van der Waals surface area contributed by atoms with E-state index < -0.39 is 5.97 Å². The lowest BCUT2D eigenvalue weighted by Crippen LogP contribution is -1.98. The Balaban J connectivity index is 1.65. The fourth-order valence-corrected chi connectivity index (χ4v) is 3.96. The minimum absolute atomic E-state index is 0.0282. The number of benzene rings is 3. The molecule has 32 heavy (non-hydrogen) atoms. The maximum atomic E-state index is 11.5. The first-order chi connectivity index (χ1) is 15.4. The molecular weight excluding hydrogens is 424 g/mol. The molecule has 0 fully saturated rings. The molecule has 0 saturated carbocycles. The lowest BCUT2D eigenvalue weighted by molar-refractivity contribution is -0.135. The van der Waals surface area contributed by atoms with Gasteiger partial charge in [0.25, 0.3) is 0 Å². The van der Waals surface area contributed by atoms with E-state index in [0.29, 0.717) is 17.4 Å². The fraction of sp³-hybridized carbons (Fsp3) is 0.148. The van der Waals surface area contributed by atoms with E-state index in [9.17, 15) is 9.90 Å². The number of carboxylic acids is 1. The molecule has 0 unspecified atom stereocenters. The highest BCUT2D eigenvalue weighted by molar-refractivity contribution is 6.30. The summed E-state index contributed by atoms with van der Waals surface area (Å²) in [5.41, 5.74) is 5.75. The summed E-state index contributed by atoms with van der Waals surface area (Å²) in [7, 11) is 0. The molecule has 0 aromatic heterocycles. The maximum absolute atomic E-state index is 11.5. The van der Waals surface area contributed by atoms with Gasteiger partial charge >= 0.3 is 5.97 Å². The van der Waals surface area contributed by atoms with E-state index in [4.69, 9.17) is 21.1 Å². The van der Waals surface area contributed by atoms with Crippen LogP contribution in [0, 0.1) is 0 Å². The van der Waals surface area contributed by atoms with Crippen LogP contribution in [0.5, 0.6) is 17.2 Å². The van der Waals surface area contributed by atoms with Crippen molar-refractivity contribution in [3.8, 4) is 17.2 Å². The van der Waals surface area contributed by atoms with E-state index in [1.807, 2.05) is 68.4 Å². The second-order valence-electron chi connectivity index (χ2n) is 7.50. The Kier molecular flexibility index (Phi) is 6.33. The number of ether oxygens (including phenoxy) is 2. The Morgan fingerprint density at radius 2 is 1.56 bits per heavy atom. The molecule has 162 valence electrons. The van der Waals surface area contributed by atoms with Crippen LogP contribution in [0.2, 0.25) is 5.02 Å². The standard InChI is InChI=1S/C27H23ClO4/c1-3-31-22-12-13-23-24(17(2)25(16-27(29)30)26(23)15-22)14-18-4-8-20(9-5-18)32-21-10-6-19(28)7-11-21/h4-15H,3,16H2,1-2H3,(H,29,30)/b24-14-. The summed E-state index contributed by atoms with van der Waals surface area (Å²) in [4.78, 5) is 11.5. The lowest BCUT2D eigenvalue weighted by Gasteiger charge is -2.09. The van der Waals surface area contributed by atoms with Crippen molar-refractivity contribution in [2.24, 2.45) is 0 Å². The molecule has 1 N–H and O–H groups in total. The summed E-state index contributed by atoms with van der Waals surface area (Å²) < 4.78 is 11.5. The molecular formula is C27H23ClO4. The first-order valence-electron chi connectivity index (χ1n) is 10.4. The van der Waals surface area contributed by atoms with Crippen LogP contribution in [0.15, 0.2) is 72.3 Å². The molecule has 0 saturated heterocycles. The molecule has 0 radical (unpaired) electrons. The van der Waals surface area contributed by atoms with Crippen LogP contribution >= 0.6 is 11.6 Å². The molecule has 4 nitrogen and oxygen atoms in total. The van der Waals surface area contributed by atoms with Crippen molar-refractivity contribution in [1.82, 2.24) is 0 Å². The van der Waals surface area contributed by atoms with Crippen molar-refractivity contribution in [2.45, 2.75) is 20.3 Å². The zero-order valence-corrected chi connectivity index (χ0v) is 18.6. The first kappa shape index (κ1) is 21.7. The van der Waals surface area contributed by atoms with Crippen molar-refractivity contribution in [2.75, 3.05) is 6.61 Å². The number of hydrogen-bond acceptors (Lipinski definition) is 3. The highest BCUT2D eigenvalue weighted by atomic mass is 35.5. The van der Waals surface area contributed by atoms with Crippen molar-refractivity contribution >= 4 is 34.8 Å². The van der Waals surface area contributed by atoms with Gasteiger partial charge in [-0.05, 0) is 102 Å². The Bertz CT molecular complexity index is 1210. The summed E-state index contributed by atoms with van der Waals surface area (Å²) in [5.74, 6) is 1.33. The van der Waals surface area contributed by atoms with E-state index in [1.54, 1.807) is 12.1 Å². The molecule has 0 heterocycles. The largest absolute Gasteiger partial charge is 0.494 e. The highest BCUT2D eigenvalue weighted by Gasteiger charge is 2.25. The summed E-state index contributed by atoms with van der Waals surface area (Å²) in [5, 5.41) is 10.1. The Labute approximate surface area is 192 Å². The molecule has 1 aliphatic rings. The third-order valence-corrected chi connectivity index (χ3v) is 5.59. The minimum Gasteiger partial charge on any atom is -0.494 e. The molecule has 3 aromatic carbocycles. The fourth-order valence-electron chi connectivity index (χ4n) is 3.83. The monoisotopic (exact) mass is 446 g/mol. The van der Waals surface area contributed by atoms with Crippen molar-refractivity contribution < 1.29 is 19.4 Å². The second-order valence-corrected chi connectivity index (χ2v) is 7.93. The van der Waals surface area contributed by atoms with Crippen LogP contribution < -0.4 is 9.47 Å². The predicted octanol–water partition coefficient (Wildman–Crippen LogP) is 7.33. The summed E-state index contributed by atoms with van der Waals surface area (Å²) in [6.45, 7) is 4.46. The van der Waals surface area contributed by atoms with Crippen molar-refractivity contribution in [1.29, 1.82) is 0 Å². The van der Waals surface area contributed by atoms with Gasteiger partial charge in [-0.25, -0.2) is 0 Å². The zero-order chi connectivity index (χ0) is 22.7. The zero-order valence-electron chi connectivity index (χ0n) is 17.9. The number of fused-ring (bicyclic) bond motifs is 1. The average Bonchev–Trinajstić information content (AvgIpc) is 3.02. The minimum atomic E-state index is -0.850. The molecule has 0 bridgehead atoms. The van der Waals surface area contributed by atoms with Gasteiger partial charge in [-0.15, -0.1) is 0 Å². The lowest BCUT2D eigenvalue weighted by atomic mass is 10.0. The number of aliphatic carboxylic acids is 1. The van der Waals surface area contributed by atoms with Crippen LogP contribution in [0.1, 0.15) is 37.0 Å². The molecule has 5 heteroatoms. The van der Waals surface area contributed by atoms with Gasteiger partial charge in [0, 0.05) is 5.02 Å². The first-order valence-corrected chi connectivity index (χ1v) is 10.8. The number of hydrogen-bond donors (Lipinski definition) is 1. The molecule has 0 spiro atoms. The number of carbonyl (C=O) groups is 1. The van der Waals surface area contributed by atoms with Crippen molar-refractivity contribution in [3.63, 3.8) is 0 Å². The summed E-state index contributed by atoms with van der Waals surface area (Å²) in [6.07, 6.45) is 2.05. The number of allylic oxidation sites excluding steroid dienone is 2. The van der Waals surface area contributed by atoms with Gasteiger partial charge in [0.1, 0.15) is 17.2 Å². The second kappa shape index (κ2) is 9.33. The number of halogens is 1.